The summed E-state index contributed by atoms with van der Waals surface area (Å²) in [4.78, 5) is 47.9. The van der Waals surface area contributed by atoms with E-state index >= 15 is 0 Å². The number of rotatable bonds is 2. The number of carbonyl (C=O) groups is 4. The molecule has 47 heavy (non-hydrogen) atoms. The van der Waals surface area contributed by atoms with Crippen LogP contribution in [-0.2, 0) is 19.2 Å². The van der Waals surface area contributed by atoms with Gasteiger partial charge in [0.05, 0.1) is 0 Å². The summed E-state index contributed by atoms with van der Waals surface area (Å²) < 4.78 is 0. The maximum absolute atomic E-state index is 12.2. The summed E-state index contributed by atoms with van der Waals surface area (Å²) in [6.07, 6.45) is 24.9. The van der Waals surface area contributed by atoms with E-state index in [0.717, 1.165) is 49.1 Å². The smallest absolute Gasteiger partial charge is 0.178 e. The van der Waals surface area contributed by atoms with E-state index in [1.165, 1.54) is 24.8 Å². The fourth-order valence-corrected chi connectivity index (χ4v) is 13.5. The Labute approximate surface area is 286 Å². The van der Waals surface area contributed by atoms with E-state index in [9.17, 15) is 19.2 Å². The highest BCUT2D eigenvalue weighted by Gasteiger charge is 2.60. The Bertz CT molecular complexity index is 1580. The maximum Gasteiger partial charge on any atom is 0.178 e. The molecule has 0 heterocycles. The SMILES string of the molecule is CC(=O)[C@H]1CCC2[C@@H]3C=C(Cl)C4=CC(=O)C=C[C@@]4(C)[C@@H]3CC[C@@]21C.CC(=O)[C@H]1CCC2[C@@H]3C=CC4=CC(=O)CC[C@@]4(C)[C@@H]3CC[C@@]21C. The van der Waals surface area contributed by atoms with Gasteiger partial charge in [0.2, 0.25) is 0 Å². The highest BCUT2D eigenvalue weighted by atomic mass is 35.5. The molecule has 0 aromatic carbocycles. The van der Waals surface area contributed by atoms with Crippen LogP contribution < -0.4 is 0 Å². The number of hydrogen-bond donors (Lipinski definition) is 0. The van der Waals surface area contributed by atoms with E-state index in [-0.39, 0.29) is 39.3 Å². The quantitative estimate of drug-likeness (QED) is 0.297. The Balaban J connectivity index is 0.000000150. The van der Waals surface area contributed by atoms with Crippen LogP contribution in [0.4, 0.5) is 0 Å². The minimum Gasteiger partial charge on any atom is -0.300 e. The number of Topliss-reactive ketones (excluding diaryl/α,β-unsaturated/α-hetero) is 2. The summed E-state index contributed by atoms with van der Waals surface area (Å²) in [5.41, 5.74) is 2.57. The molecule has 4 saturated carbocycles. The predicted octanol–water partition coefficient (Wildman–Crippen LogP) is 9.34. The molecule has 2 unspecified atom stereocenters. The topological polar surface area (TPSA) is 68.3 Å². The number of fused-ring (bicyclic) bond motifs is 10. The van der Waals surface area contributed by atoms with Gasteiger partial charge < -0.3 is 0 Å². The van der Waals surface area contributed by atoms with Gasteiger partial charge in [-0.2, -0.15) is 0 Å². The number of ketones is 4. The van der Waals surface area contributed by atoms with Gasteiger partial charge in [-0.25, -0.2) is 0 Å². The minimum absolute atomic E-state index is 0.0330. The Morgan fingerprint density at radius 1 is 0.723 bits per heavy atom. The first-order valence-electron chi connectivity index (χ1n) is 18.4. The van der Waals surface area contributed by atoms with Crippen molar-refractivity contribution in [2.24, 2.45) is 69.0 Å². The molecule has 0 amide bonds. The Morgan fingerprint density at radius 2 is 1.32 bits per heavy atom. The van der Waals surface area contributed by atoms with Gasteiger partial charge in [-0.3, -0.25) is 19.2 Å². The van der Waals surface area contributed by atoms with E-state index in [2.05, 4.69) is 52.0 Å². The molecular formula is C42H53ClO4. The highest BCUT2D eigenvalue weighted by molar-refractivity contribution is 6.32. The second kappa shape index (κ2) is 11.4. The average molecular weight is 657 g/mol. The molecule has 0 bridgehead atoms. The van der Waals surface area contributed by atoms with Crippen LogP contribution >= 0.6 is 11.6 Å². The van der Waals surface area contributed by atoms with Crippen molar-refractivity contribution in [3.05, 3.63) is 58.7 Å². The van der Waals surface area contributed by atoms with Gasteiger partial charge in [0.25, 0.3) is 0 Å². The fourth-order valence-electron chi connectivity index (χ4n) is 13.1. The zero-order chi connectivity index (χ0) is 33.7. The van der Waals surface area contributed by atoms with Crippen LogP contribution in [0, 0.1) is 69.0 Å². The third-order valence-corrected chi connectivity index (χ3v) is 16.0. The average Bonchev–Trinajstić information content (AvgIpc) is 3.56. The van der Waals surface area contributed by atoms with Crippen LogP contribution in [-0.4, -0.2) is 23.1 Å². The second-order valence-electron chi connectivity index (χ2n) is 17.6. The molecule has 0 spiro atoms. The molecule has 8 rings (SSSR count). The van der Waals surface area contributed by atoms with Crippen molar-refractivity contribution in [1.29, 1.82) is 0 Å². The lowest BCUT2D eigenvalue weighted by Gasteiger charge is -2.55. The Hall–Kier alpha value is -2.33. The van der Waals surface area contributed by atoms with Gasteiger partial charge in [0.1, 0.15) is 11.6 Å². The zero-order valence-corrected chi connectivity index (χ0v) is 30.0. The molecule has 4 nitrogen and oxygen atoms in total. The highest BCUT2D eigenvalue weighted by Crippen LogP contribution is 2.67. The van der Waals surface area contributed by atoms with Gasteiger partial charge in [-0.15, -0.1) is 0 Å². The number of halogens is 1. The summed E-state index contributed by atoms with van der Waals surface area (Å²) >= 11 is 6.64. The third kappa shape index (κ3) is 4.88. The van der Waals surface area contributed by atoms with Crippen LogP contribution in [0.5, 0.6) is 0 Å². The van der Waals surface area contributed by atoms with Crippen molar-refractivity contribution in [3.8, 4) is 0 Å². The van der Waals surface area contributed by atoms with Crippen LogP contribution in [0.2, 0.25) is 0 Å². The van der Waals surface area contributed by atoms with E-state index in [1.807, 2.05) is 6.08 Å². The van der Waals surface area contributed by atoms with Crippen LogP contribution in [0.3, 0.4) is 0 Å². The van der Waals surface area contributed by atoms with Crippen molar-refractivity contribution >= 4 is 34.7 Å². The molecule has 0 N–H and O–H groups in total. The van der Waals surface area contributed by atoms with Crippen molar-refractivity contribution in [1.82, 2.24) is 0 Å². The minimum atomic E-state index is -0.153. The Morgan fingerprint density at radius 3 is 1.94 bits per heavy atom. The van der Waals surface area contributed by atoms with Crippen molar-refractivity contribution in [2.45, 2.75) is 106 Å². The largest absolute Gasteiger partial charge is 0.300 e. The number of hydrogen-bond acceptors (Lipinski definition) is 4. The van der Waals surface area contributed by atoms with Gasteiger partial charge in [0, 0.05) is 28.7 Å². The molecule has 0 aromatic heterocycles. The zero-order valence-electron chi connectivity index (χ0n) is 29.2. The summed E-state index contributed by atoms with van der Waals surface area (Å²) in [5.74, 6) is 4.80. The lowest BCUT2D eigenvalue weighted by atomic mass is 9.48. The van der Waals surface area contributed by atoms with Crippen molar-refractivity contribution in [3.63, 3.8) is 0 Å². The lowest BCUT2D eigenvalue weighted by Crippen LogP contribution is -2.49. The van der Waals surface area contributed by atoms with Crippen molar-refractivity contribution in [2.75, 3.05) is 0 Å². The lowest BCUT2D eigenvalue weighted by molar-refractivity contribution is -0.127. The molecule has 5 heteroatoms. The van der Waals surface area contributed by atoms with Crippen LogP contribution in [0.1, 0.15) is 106 Å². The molecule has 4 fully saturated rings. The second-order valence-corrected chi connectivity index (χ2v) is 18.0. The standard InChI is InChI=1S/C21H25ClO2.C21H28O2/c1-12(23)15-4-5-16-14-11-19(22)18-10-13(24)6-8-21(18,3)17(14)7-9-20(15,16)2;1-13(22)17-6-7-18-16-5-4-14-12-15(23)8-10-20(14,2)19(16)9-11-21(17,18)3/h6,8,10-11,14-17H,4-5,7,9H2,1-3H3;4-5,12,16-19H,6-11H2,1-3H3/t14-,15+,16?,17+,20+,21-;16-,17+,18?,19+,20+,21+/m00/s1. The number of carbonyl (C=O) groups excluding carboxylic acids is 4. The third-order valence-electron chi connectivity index (χ3n) is 15.7. The van der Waals surface area contributed by atoms with Gasteiger partial charge in [-0.1, -0.05) is 63.6 Å². The number of allylic oxidation sites excluding steroid dienone is 10. The van der Waals surface area contributed by atoms with Crippen LogP contribution in [0.25, 0.3) is 0 Å². The first-order chi connectivity index (χ1) is 22.1. The molecule has 0 radical (unpaired) electrons. The maximum atomic E-state index is 12.2. The monoisotopic (exact) mass is 656 g/mol. The molecule has 252 valence electrons. The summed E-state index contributed by atoms with van der Waals surface area (Å²) in [7, 11) is 0. The first kappa shape index (κ1) is 33.2. The van der Waals surface area contributed by atoms with E-state index < -0.39 is 0 Å². The van der Waals surface area contributed by atoms with E-state index in [4.69, 9.17) is 11.6 Å². The van der Waals surface area contributed by atoms with Crippen molar-refractivity contribution < 1.29 is 19.2 Å². The molecular weight excluding hydrogens is 604 g/mol. The van der Waals surface area contributed by atoms with Gasteiger partial charge >= 0.3 is 0 Å². The van der Waals surface area contributed by atoms with E-state index in [1.54, 1.807) is 26.0 Å². The molecule has 0 aliphatic heterocycles. The molecule has 12 atom stereocenters. The first-order valence-corrected chi connectivity index (χ1v) is 18.8. The van der Waals surface area contributed by atoms with Gasteiger partial charge in [0.15, 0.2) is 11.6 Å². The van der Waals surface area contributed by atoms with Gasteiger partial charge in [-0.05, 0) is 153 Å². The Kier molecular flexibility index (Phi) is 8.02. The summed E-state index contributed by atoms with van der Waals surface area (Å²) in [5, 5.41) is 0.743. The normalized spacial score (nSPS) is 47.4. The van der Waals surface area contributed by atoms with Crippen LogP contribution in [0.15, 0.2) is 58.7 Å². The van der Waals surface area contributed by atoms with E-state index in [0.29, 0.717) is 59.3 Å². The molecule has 8 aliphatic carbocycles. The molecule has 0 saturated heterocycles. The summed E-state index contributed by atoms with van der Waals surface area (Å²) in [6, 6.07) is 0. The molecule has 8 aliphatic rings. The fraction of sp³-hybridized carbons (Fsp3) is 0.667. The summed E-state index contributed by atoms with van der Waals surface area (Å²) in [6.45, 7) is 12.9. The predicted molar refractivity (Wildman–Crippen MR) is 186 cm³/mol. The molecule has 0 aromatic rings.